The molecule has 0 aliphatic rings. The van der Waals surface area contributed by atoms with Gasteiger partial charge in [0.15, 0.2) is 0 Å². The van der Waals surface area contributed by atoms with Crippen molar-refractivity contribution in [1.82, 2.24) is 5.32 Å². The number of hydrogen-bond donors (Lipinski definition) is 1. The van der Waals surface area contributed by atoms with E-state index in [2.05, 4.69) is 92.0 Å². The third-order valence-electron chi connectivity index (χ3n) is 9.12. The summed E-state index contributed by atoms with van der Waals surface area (Å²) in [6.45, 7) is 5.79. The Morgan fingerprint density at radius 1 is 0.574 bits per heavy atom. The molecule has 1 atom stereocenters. The molecule has 47 heavy (non-hydrogen) atoms. The maximum Gasteiger partial charge on any atom is 0.220 e. The maximum atomic E-state index is 12.8. The smallest absolute Gasteiger partial charge is 0.220 e. The van der Waals surface area contributed by atoms with Crippen LogP contribution in [0.4, 0.5) is 0 Å². The SMILES string of the molecule is CCCCCCCCCCCCCCCCCC(=O)NCC(COC(c1ccccc1)(c1ccccc1)c1ccccc1)OCCC. The minimum Gasteiger partial charge on any atom is -0.374 e. The molecule has 0 aliphatic carbocycles. The summed E-state index contributed by atoms with van der Waals surface area (Å²) in [6, 6.07) is 31.2. The zero-order valence-electron chi connectivity index (χ0n) is 29.6. The van der Waals surface area contributed by atoms with Crippen molar-refractivity contribution >= 4 is 5.91 Å². The molecule has 3 rings (SSSR count). The highest BCUT2D eigenvalue weighted by molar-refractivity contribution is 5.75. The Kier molecular flexibility index (Phi) is 19.8. The molecule has 0 aromatic heterocycles. The summed E-state index contributed by atoms with van der Waals surface area (Å²) >= 11 is 0. The highest BCUT2D eigenvalue weighted by Crippen LogP contribution is 2.40. The van der Waals surface area contributed by atoms with Crippen LogP contribution in [0.15, 0.2) is 91.0 Å². The van der Waals surface area contributed by atoms with Gasteiger partial charge in [-0.15, -0.1) is 0 Å². The molecule has 1 amide bonds. The van der Waals surface area contributed by atoms with Crippen molar-refractivity contribution < 1.29 is 14.3 Å². The summed E-state index contributed by atoms with van der Waals surface area (Å²) in [5, 5.41) is 3.15. The monoisotopic (exact) mass is 641 g/mol. The second kappa shape index (κ2) is 24.2. The fourth-order valence-electron chi connectivity index (χ4n) is 6.41. The van der Waals surface area contributed by atoms with Crippen molar-refractivity contribution in [1.29, 1.82) is 0 Å². The van der Waals surface area contributed by atoms with Gasteiger partial charge in [0, 0.05) is 19.6 Å². The van der Waals surface area contributed by atoms with Crippen molar-refractivity contribution in [2.45, 2.75) is 135 Å². The van der Waals surface area contributed by atoms with Gasteiger partial charge in [-0.25, -0.2) is 0 Å². The third kappa shape index (κ3) is 14.4. The van der Waals surface area contributed by atoms with E-state index in [-0.39, 0.29) is 12.0 Å². The summed E-state index contributed by atoms with van der Waals surface area (Å²) < 4.78 is 13.2. The molecule has 4 heteroatoms. The quantitative estimate of drug-likeness (QED) is 0.0665. The van der Waals surface area contributed by atoms with Crippen LogP contribution in [0.25, 0.3) is 0 Å². The maximum absolute atomic E-state index is 12.8. The molecule has 0 radical (unpaired) electrons. The molecule has 4 nitrogen and oxygen atoms in total. The van der Waals surface area contributed by atoms with Gasteiger partial charge in [0.05, 0.1) is 12.7 Å². The van der Waals surface area contributed by atoms with Crippen LogP contribution in [-0.4, -0.2) is 31.8 Å². The number of benzene rings is 3. The van der Waals surface area contributed by atoms with Gasteiger partial charge in [-0.2, -0.15) is 0 Å². The number of rotatable bonds is 27. The van der Waals surface area contributed by atoms with E-state index in [9.17, 15) is 4.79 Å². The zero-order valence-corrected chi connectivity index (χ0v) is 29.6. The van der Waals surface area contributed by atoms with E-state index in [1.165, 1.54) is 83.5 Å². The molecule has 0 spiro atoms. The van der Waals surface area contributed by atoms with Gasteiger partial charge < -0.3 is 14.8 Å². The van der Waals surface area contributed by atoms with Gasteiger partial charge in [-0.3, -0.25) is 4.79 Å². The van der Waals surface area contributed by atoms with Crippen LogP contribution >= 0.6 is 0 Å². The van der Waals surface area contributed by atoms with Crippen LogP contribution in [0.3, 0.4) is 0 Å². The minimum absolute atomic E-state index is 0.102. The topological polar surface area (TPSA) is 47.6 Å². The fraction of sp³-hybridized carbons (Fsp3) is 0.558. The molecule has 0 saturated carbocycles. The van der Waals surface area contributed by atoms with Crippen LogP contribution < -0.4 is 5.32 Å². The second-order valence-electron chi connectivity index (χ2n) is 13.1. The van der Waals surface area contributed by atoms with Crippen LogP contribution in [0.5, 0.6) is 0 Å². The summed E-state index contributed by atoms with van der Waals surface area (Å²) in [4.78, 5) is 12.8. The van der Waals surface area contributed by atoms with Crippen LogP contribution in [0.1, 0.15) is 140 Å². The number of nitrogens with one attached hydrogen (secondary N) is 1. The Bertz CT molecular complexity index is 1070. The average molecular weight is 642 g/mol. The summed E-state index contributed by atoms with van der Waals surface area (Å²) in [5.41, 5.74) is 2.37. The number of ether oxygens (including phenoxy) is 2. The van der Waals surface area contributed by atoms with E-state index in [1.54, 1.807) is 0 Å². The predicted octanol–water partition coefficient (Wildman–Crippen LogP) is 11.2. The molecular weight excluding hydrogens is 578 g/mol. The number of carbonyl (C=O) groups is 1. The molecule has 0 bridgehead atoms. The third-order valence-corrected chi connectivity index (χ3v) is 9.12. The molecule has 0 saturated heterocycles. The predicted molar refractivity (Wildman–Crippen MR) is 198 cm³/mol. The molecule has 0 heterocycles. The van der Waals surface area contributed by atoms with Crippen molar-refractivity contribution in [2.24, 2.45) is 0 Å². The molecule has 258 valence electrons. The van der Waals surface area contributed by atoms with E-state index in [1.807, 2.05) is 18.2 Å². The van der Waals surface area contributed by atoms with Gasteiger partial charge in [0.1, 0.15) is 5.60 Å². The second-order valence-corrected chi connectivity index (χ2v) is 13.1. The number of amides is 1. The standard InChI is InChI=1S/C43H63NO3/c1-3-5-6-7-8-9-10-11-12-13-14-15-16-17-27-34-42(45)44-36-41(46-35-4-2)37-47-43(38-28-21-18-22-29-38,39-30-23-19-24-31-39)40-32-25-20-26-33-40/h18-26,28-33,41H,3-17,27,34-37H2,1-2H3,(H,44,45). The van der Waals surface area contributed by atoms with Gasteiger partial charge in [0.25, 0.3) is 0 Å². The highest BCUT2D eigenvalue weighted by atomic mass is 16.5. The Labute approximate surface area is 287 Å². The number of carbonyl (C=O) groups excluding carboxylic acids is 1. The lowest BCUT2D eigenvalue weighted by Gasteiger charge is -2.37. The van der Waals surface area contributed by atoms with Crippen LogP contribution in [0.2, 0.25) is 0 Å². The van der Waals surface area contributed by atoms with Gasteiger partial charge in [0.2, 0.25) is 5.91 Å². The first-order chi connectivity index (χ1) is 23.2. The van der Waals surface area contributed by atoms with Gasteiger partial charge in [-0.05, 0) is 29.5 Å². The minimum atomic E-state index is -0.810. The average Bonchev–Trinajstić information content (AvgIpc) is 3.12. The number of hydrogen-bond acceptors (Lipinski definition) is 3. The largest absolute Gasteiger partial charge is 0.374 e. The lowest BCUT2D eigenvalue weighted by molar-refractivity contribution is -0.122. The van der Waals surface area contributed by atoms with Gasteiger partial charge >= 0.3 is 0 Å². The lowest BCUT2D eigenvalue weighted by atomic mass is 9.80. The van der Waals surface area contributed by atoms with E-state index in [0.29, 0.717) is 26.2 Å². The molecule has 0 aliphatic heterocycles. The first-order valence-corrected chi connectivity index (χ1v) is 18.9. The molecule has 1 unspecified atom stereocenters. The van der Waals surface area contributed by atoms with Crippen molar-refractivity contribution in [3.05, 3.63) is 108 Å². The number of unbranched alkanes of at least 4 members (excludes halogenated alkanes) is 14. The summed E-state index contributed by atoms with van der Waals surface area (Å²) in [5.74, 6) is 0.102. The van der Waals surface area contributed by atoms with E-state index in [4.69, 9.17) is 9.47 Å². The molecular formula is C43H63NO3. The summed E-state index contributed by atoms with van der Waals surface area (Å²) in [6.07, 6.45) is 21.1. The van der Waals surface area contributed by atoms with Crippen molar-refractivity contribution in [2.75, 3.05) is 19.8 Å². The Balaban J connectivity index is 1.43. The Morgan fingerprint density at radius 3 is 1.38 bits per heavy atom. The molecule has 1 N–H and O–H groups in total. The first-order valence-electron chi connectivity index (χ1n) is 18.9. The highest BCUT2D eigenvalue weighted by Gasteiger charge is 2.38. The van der Waals surface area contributed by atoms with Crippen molar-refractivity contribution in [3.8, 4) is 0 Å². The zero-order chi connectivity index (χ0) is 33.3. The Morgan fingerprint density at radius 2 is 0.979 bits per heavy atom. The lowest BCUT2D eigenvalue weighted by Crippen LogP contribution is -2.41. The normalized spacial score (nSPS) is 12.2. The summed E-state index contributed by atoms with van der Waals surface area (Å²) in [7, 11) is 0. The molecule has 3 aromatic carbocycles. The van der Waals surface area contributed by atoms with Gasteiger partial charge in [-0.1, -0.05) is 195 Å². The van der Waals surface area contributed by atoms with E-state index >= 15 is 0 Å². The van der Waals surface area contributed by atoms with E-state index < -0.39 is 5.60 Å². The van der Waals surface area contributed by atoms with Crippen LogP contribution in [-0.2, 0) is 19.9 Å². The van der Waals surface area contributed by atoms with Crippen molar-refractivity contribution in [3.63, 3.8) is 0 Å². The van der Waals surface area contributed by atoms with Crippen LogP contribution in [0, 0.1) is 0 Å². The Hall–Kier alpha value is -2.95. The van der Waals surface area contributed by atoms with E-state index in [0.717, 1.165) is 36.0 Å². The fourth-order valence-corrected chi connectivity index (χ4v) is 6.41. The molecule has 3 aromatic rings. The molecule has 0 fully saturated rings. The first kappa shape index (κ1) is 38.5.